The van der Waals surface area contributed by atoms with Gasteiger partial charge >= 0.3 is 0 Å². The molecule has 2 aliphatic rings. The van der Waals surface area contributed by atoms with Crippen LogP contribution in [-0.4, -0.2) is 51.7 Å². The summed E-state index contributed by atoms with van der Waals surface area (Å²) in [5, 5.41) is 9.63. The van der Waals surface area contributed by atoms with Gasteiger partial charge in [-0.15, -0.1) is 0 Å². The van der Waals surface area contributed by atoms with E-state index < -0.39 is 0 Å². The van der Waals surface area contributed by atoms with Crippen LogP contribution in [0.5, 0.6) is 0 Å². The van der Waals surface area contributed by atoms with Crippen molar-refractivity contribution in [2.45, 2.75) is 45.1 Å². The summed E-state index contributed by atoms with van der Waals surface area (Å²) in [7, 11) is 0. The van der Waals surface area contributed by atoms with Crippen LogP contribution in [0.1, 0.15) is 45.1 Å². The molecule has 1 saturated heterocycles. The molecule has 10 heteroatoms. The Morgan fingerprint density at radius 3 is 2.26 bits per heavy atom. The van der Waals surface area contributed by atoms with Crippen LogP contribution in [0.15, 0.2) is 54.9 Å². The molecule has 2 fully saturated rings. The van der Waals surface area contributed by atoms with Gasteiger partial charge < -0.3 is 30.2 Å². The Labute approximate surface area is 227 Å². The van der Waals surface area contributed by atoms with Gasteiger partial charge in [0.1, 0.15) is 0 Å². The van der Waals surface area contributed by atoms with Crippen LogP contribution in [0.25, 0.3) is 11.2 Å². The van der Waals surface area contributed by atoms with E-state index in [1.165, 1.54) is 31.9 Å². The fraction of sp³-hybridized carbons (Fsp3) is 0.379. The van der Waals surface area contributed by atoms with Crippen molar-refractivity contribution in [2.75, 3.05) is 47.2 Å². The van der Waals surface area contributed by atoms with E-state index in [-0.39, 0.29) is 5.91 Å². The number of benzene rings is 2. The number of fused-ring (bicyclic) bond motifs is 1. The van der Waals surface area contributed by atoms with Crippen molar-refractivity contribution in [3.05, 3.63) is 54.9 Å². The van der Waals surface area contributed by atoms with Gasteiger partial charge in [-0.3, -0.25) is 4.79 Å². The minimum Gasteiger partial charge on any atom is -0.378 e. The van der Waals surface area contributed by atoms with Crippen LogP contribution in [0.3, 0.4) is 0 Å². The van der Waals surface area contributed by atoms with Gasteiger partial charge in [0.05, 0.1) is 19.5 Å². The van der Waals surface area contributed by atoms with Crippen LogP contribution in [0.2, 0.25) is 0 Å². The molecule has 39 heavy (non-hydrogen) atoms. The zero-order chi connectivity index (χ0) is 26.6. The molecule has 4 aromatic rings. The van der Waals surface area contributed by atoms with Crippen molar-refractivity contribution < 1.29 is 9.53 Å². The van der Waals surface area contributed by atoms with Crippen molar-refractivity contribution >= 4 is 51.6 Å². The summed E-state index contributed by atoms with van der Waals surface area (Å²) in [5.41, 5.74) is 5.24. The summed E-state index contributed by atoms with van der Waals surface area (Å²) < 4.78 is 7.70. The molecule has 0 bridgehead atoms. The van der Waals surface area contributed by atoms with Gasteiger partial charge in [-0.1, -0.05) is 19.3 Å². The van der Waals surface area contributed by atoms with Crippen molar-refractivity contribution in [1.29, 1.82) is 0 Å². The Balaban J connectivity index is 1.30. The van der Waals surface area contributed by atoms with E-state index in [0.29, 0.717) is 17.8 Å². The van der Waals surface area contributed by atoms with Crippen LogP contribution in [0.4, 0.5) is 34.5 Å². The van der Waals surface area contributed by atoms with E-state index in [0.717, 1.165) is 67.4 Å². The van der Waals surface area contributed by atoms with Gasteiger partial charge in [-0.25, -0.2) is 4.98 Å². The molecule has 0 unspecified atom stereocenters. The molecule has 1 aliphatic carbocycles. The van der Waals surface area contributed by atoms with E-state index in [9.17, 15) is 4.79 Å². The van der Waals surface area contributed by atoms with Crippen LogP contribution >= 0.6 is 0 Å². The number of carbonyl (C=O) groups is 1. The van der Waals surface area contributed by atoms with Crippen LogP contribution in [-0.2, 0) is 9.53 Å². The molecule has 3 heterocycles. The number of imidazole rings is 1. The van der Waals surface area contributed by atoms with E-state index in [1.807, 2.05) is 30.6 Å². The lowest BCUT2D eigenvalue weighted by Crippen LogP contribution is -2.36. The third-order valence-electron chi connectivity index (χ3n) is 7.36. The second-order valence-corrected chi connectivity index (χ2v) is 10.2. The maximum atomic E-state index is 11.4. The number of rotatable bonds is 7. The summed E-state index contributed by atoms with van der Waals surface area (Å²) in [6.07, 6.45) is 7.90. The van der Waals surface area contributed by atoms with Gasteiger partial charge in [0.2, 0.25) is 11.9 Å². The average molecular weight is 527 g/mol. The Kier molecular flexibility index (Phi) is 7.27. The molecule has 10 nitrogen and oxygen atoms in total. The maximum absolute atomic E-state index is 11.4. The quantitative estimate of drug-likeness (QED) is 0.285. The number of hydrogen-bond acceptors (Lipinski definition) is 8. The Hall–Kier alpha value is -4.18. The number of anilines is 6. The van der Waals surface area contributed by atoms with Crippen molar-refractivity contribution in [2.24, 2.45) is 0 Å². The highest BCUT2D eigenvalue weighted by Gasteiger charge is 2.21. The summed E-state index contributed by atoms with van der Waals surface area (Å²) in [6, 6.07) is 16.3. The van der Waals surface area contributed by atoms with Crippen molar-refractivity contribution in [1.82, 2.24) is 19.5 Å². The molecular weight excluding hydrogens is 492 g/mol. The number of carbonyl (C=O) groups excluding carboxylic acids is 1. The molecule has 0 spiro atoms. The van der Waals surface area contributed by atoms with Crippen molar-refractivity contribution in [3.63, 3.8) is 0 Å². The number of aromatic nitrogens is 4. The number of hydrogen-bond donors (Lipinski definition) is 3. The Morgan fingerprint density at radius 2 is 1.54 bits per heavy atom. The SMILES string of the molecule is CC(=O)Nc1ccc(Nc2nc(Nc3ccc(N4CCOCC4)cc3)nc3c2ncn3C2CCCCC2)cc1. The fourth-order valence-corrected chi connectivity index (χ4v) is 5.37. The summed E-state index contributed by atoms with van der Waals surface area (Å²) in [5.74, 6) is 1.04. The highest BCUT2D eigenvalue weighted by atomic mass is 16.5. The summed E-state index contributed by atoms with van der Waals surface area (Å²) in [4.78, 5) is 28.2. The largest absolute Gasteiger partial charge is 0.378 e. The molecule has 1 aliphatic heterocycles. The minimum atomic E-state index is -0.102. The predicted octanol–water partition coefficient (Wildman–Crippen LogP) is 5.61. The standard InChI is InChI=1S/C29H34N8O2/c1-20(38)31-21-7-9-22(10-8-21)32-27-26-28(37(19-30-26)25-5-3-2-4-6-25)35-29(34-27)33-23-11-13-24(14-12-23)36-15-17-39-18-16-36/h7-14,19,25H,2-6,15-18H2,1H3,(H,31,38)(H2,32,33,34,35). The molecule has 3 N–H and O–H groups in total. The molecule has 202 valence electrons. The van der Waals surface area contributed by atoms with Gasteiger partial charge in [-0.05, 0) is 61.4 Å². The highest BCUT2D eigenvalue weighted by Crippen LogP contribution is 2.33. The lowest BCUT2D eigenvalue weighted by Gasteiger charge is -2.28. The second-order valence-electron chi connectivity index (χ2n) is 10.2. The lowest BCUT2D eigenvalue weighted by molar-refractivity contribution is -0.114. The smallest absolute Gasteiger partial charge is 0.231 e. The normalized spacial score (nSPS) is 16.3. The molecule has 0 atom stereocenters. The Morgan fingerprint density at radius 1 is 0.872 bits per heavy atom. The molecular formula is C29H34N8O2. The number of amides is 1. The topological polar surface area (TPSA) is 109 Å². The average Bonchev–Trinajstić information content (AvgIpc) is 3.40. The highest BCUT2D eigenvalue weighted by molar-refractivity contribution is 5.90. The zero-order valence-corrected chi connectivity index (χ0v) is 22.2. The van der Waals surface area contributed by atoms with Gasteiger partial charge in [0, 0.05) is 48.8 Å². The summed E-state index contributed by atoms with van der Waals surface area (Å²) >= 11 is 0. The molecule has 1 saturated carbocycles. The molecule has 2 aromatic carbocycles. The number of ether oxygens (including phenoxy) is 1. The molecule has 0 radical (unpaired) electrons. The molecule has 1 amide bonds. The maximum Gasteiger partial charge on any atom is 0.231 e. The van der Waals surface area contributed by atoms with Crippen LogP contribution in [0, 0.1) is 0 Å². The second kappa shape index (κ2) is 11.3. The number of morpholine rings is 1. The Bertz CT molecular complexity index is 1420. The van der Waals surface area contributed by atoms with E-state index in [2.05, 4.69) is 49.7 Å². The minimum absolute atomic E-state index is 0.102. The third-order valence-corrected chi connectivity index (χ3v) is 7.36. The first-order valence-electron chi connectivity index (χ1n) is 13.7. The number of nitrogens with one attached hydrogen (secondary N) is 3. The van der Waals surface area contributed by atoms with Crippen molar-refractivity contribution in [3.8, 4) is 0 Å². The third kappa shape index (κ3) is 5.80. The van der Waals surface area contributed by atoms with E-state index >= 15 is 0 Å². The fourth-order valence-electron chi connectivity index (χ4n) is 5.37. The van der Waals surface area contributed by atoms with Gasteiger partial charge in [0.25, 0.3) is 0 Å². The van der Waals surface area contributed by atoms with Crippen LogP contribution < -0.4 is 20.9 Å². The first-order chi connectivity index (χ1) is 19.1. The first kappa shape index (κ1) is 25.1. The van der Waals surface area contributed by atoms with E-state index in [1.54, 1.807) is 0 Å². The molecule has 6 rings (SSSR count). The monoisotopic (exact) mass is 526 g/mol. The van der Waals surface area contributed by atoms with Gasteiger partial charge in [0.15, 0.2) is 17.0 Å². The number of nitrogens with zero attached hydrogens (tertiary/aromatic N) is 5. The predicted molar refractivity (Wildman–Crippen MR) is 154 cm³/mol. The lowest BCUT2D eigenvalue weighted by atomic mass is 9.95. The van der Waals surface area contributed by atoms with E-state index in [4.69, 9.17) is 19.7 Å². The first-order valence-corrected chi connectivity index (χ1v) is 13.7. The summed E-state index contributed by atoms with van der Waals surface area (Å²) in [6.45, 7) is 4.82. The van der Waals surface area contributed by atoms with Gasteiger partial charge in [-0.2, -0.15) is 9.97 Å². The molecule has 2 aromatic heterocycles. The zero-order valence-electron chi connectivity index (χ0n) is 22.2.